The minimum absolute atomic E-state index is 0.137. The van der Waals surface area contributed by atoms with Gasteiger partial charge in [0.25, 0.3) is 0 Å². The molecule has 0 radical (unpaired) electrons. The Balaban J connectivity index is 1.20. The Labute approximate surface area is 240 Å². The average Bonchev–Trinajstić information content (AvgIpc) is 3.69. The van der Waals surface area contributed by atoms with Crippen molar-refractivity contribution >= 4 is 28.0 Å². The Kier molecular flexibility index (Phi) is 4.74. The van der Waals surface area contributed by atoms with Crippen LogP contribution in [0.5, 0.6) is 23.0 Å². The summed E-state index contributed by atoms with van der Waals surface area (Å²) in [4.78, 5) is 0. The van der Waals surface area contributed by atoms with Crippen molar-refractivity contribution in [2.24, 2.45) is 0 Å². The topological polar surface area (TPSA) is 100 Å². The smallest absolute Gasteiger partial charge is 0.350 e. The predicted molar refractivity (Wildman–Crippen MR) is 148 cm³/mol. The van der Waals surface area contributed by atoms with Gasteiger partial charge in [-0.25, -0.2) is 0 Å². The Bertz CT molecular complexity index is 1800. The number of benzene rings is 2. The highest BCUT2D eigenvalue weighted by molar-refractivity contribution is 5.90. The third-order valence-electron chi connectivity index (χ3n) is 8.84. The summed E-state index contributed by atoms with van der Waals surface area (Å²) in [5.41, 5.74) is 1.40. The largest absolute Gasteiger partial charge is 0.483 e. The number of hydrogen-bond acceptors (Lipinski definition) is 10. The molecule has 5 aliphatic rings. The normalized spacial score (nSPS) is 31.8. The van der Waals surface area contributed by atoms with E-state index in [4.69, 9.17) is 46.7 Å². The Hall–Kier alpha value is -3.70. The van der Waals surface area contributed by atoms with Gasteiger partial charge in [0.1, 0.15) is 25.4 Å². The molecule has 0 aliphatic carbocycles. The highest BCUT2D eigenvalue weighted by atomic mass is 16.9. The van der Waals surface area contributed by atoms with Gasteiger partial charge in [0, 0.05) is 28.8 Å². The summed E-state index contributed by atoms with van der Waals surface area (Å²) in [5.74, 6) is -0.926. The molecular formula is C32H30O10. The summed E-state index contributed by atoms with van der Waals surface area (Å²) in [6.45, 7) is 8.11. The predicted octanol–water partition coefficient (Wildman–Crippen LogP) is 6.08. The van der Waals surface area contributed by atoms with Gasteiger partial charge in [-0.05, 0) is 70.0 Å². The SMILES string of the molecule is CC1(C)O[C@@]23C=Cc4cc5ccoc5c(c4O2)OC[C@H]2O[C@@]4(CCc5cc6ccoc6c(c5O4)OC[C@H]1O3)OC2(C)C. The number of fused-ring (bicyclic) bond motifs is 6. The molecule has 10 heteroatoms. The molecule has 2 fully saturated rings. The van der Waals surface area contributed by atoms with E-state index >= 15 is 0 Å². The zero-order valence-corrected chi connectivity index (χ0v) is 23.7. The zero-order chi connectivity index (χ0) is 28.5. The van der Waals surface area contributed by atoms with Crippen LogP contribution in [-0.4, -0.2) is 48.6 Å². The third kappa shape index (κ3) is 3.46. The third-order valence-corrected chi connectivity index (χ3v) is 8.84. The van der Waals surface area contributed by atoms with Gasteiger partial charge in [0.05, 0.1) is 23.7 Å². The first-order chi connectivity index (χ1) is 20.1. The van der Waals surface area contributed by atoms with E-state index < -0.39 is 35.4 Å². The molecule has 0 unspecified atom stereocenters. The molecule has 10 nitrogen and oxygen atoms in total. The lowest BCUT2D eigenvalue weighted by Crippen LogP contribution is -2.42. The van der Waals surface area contributed by atoms with Gasteiger partial charge in [-0.3, -0.25) is 0 Å². The number of aryl methyl sites for hydroxylation is 1. The van der Waals surface area contributed by atoms with Crippen molar-refractivity contribution in [3.05, 3.63) is 54.0 Å². The second-order valence-electron chi connectivity index (χ2n) is 12.6. The van der Waals surface area contributed by atoms with Gasteiger partial charge in [-0.15, -0.1) is 0 Å². The molecule has 2 aromatic heterocycles. The van der Waals surface area contributed by atoms with Crippen molar-refractivity contribution in [2.75, 3.05) is 13.2 Å². The molecule has 2 aromatic carbocycles. The van der Waals surface area contributed by atoms with Crippen LogP contribution >= 0.6 is 0 Å². The summed E-state index contributed by atoms with van der Waals surface area (Å²) in [5, 5.41) is 1.80. The molecule has 7 heterocycles. The minimum Gasteiger partial charge on any atom is -0.483 e. The average molecular weight is 575 g/mol. The van der Waals surface area contributed by atoms with Crippen molar-refractivity contribution in [1.29, 1.82) is 0 Å². The van der Waals surface area contributed by atoms with E-state index in [1.54, 1.807) is 18.6 Å². The van der Waals surface area contributed by atoms with E-state index in [1.165, 1.54) is 0 Å². The standard InChI is InChI=1S/C32H30O10/c1-29(2)21-15-35-27-23-19(7-11-33-23)14-18-6-10-32(40-26(18)27)38-22(30(3,4)42-32)16-36-28-24-20(8-12-34-24)13-17-5-9-31(37-21,41-29)39-25(17)28/h5,7-9,11-14,21-22H,6,10,15-16H2,1-4H3/t21-,22-,31-,32-/m1/s1. The first kappa shape index (κ1) is 24.9. The van der Waals surface area contributed by atoms with Crippen molar-refractivity contribution in [3.8, 4) is 23.0 Å². The summed E-state index contributed by atoms with van der Waals surface area (Å²) in [6, 6.07) is 7.85. The Morgan fingerprint density at radius 2 is 1.38 bits per heavy atom. The summed E-state index contributed by atoms with van der Waals surface area (Å²) in [6.07, 6.45) is 7.12. The summed E-state index contributed by atoms with van der Waals surface area (Å²) < 4.78 is 64.0. The fraction of sp³-hybridized carbons (Fsp3) is 0.438. The van der Waals surface area contributed by atoms with Crippen LogP contribution < -0.4 is 18.9 Å². The maximum absolute atomic E-state index is 6.60. The second-order valence-corrected chi connectivity index (χ2v) is 12.6. The van der Waals surface area contributed by atoms with Crippen LogP contribution in [0.3, 0.4) is 0 Å². The van der Waals surface area contributed by atoms with Gasteiger partial charge in [-0.2, -0.15) is 0 Å². The van der Waals surface area contributed by atoms with Gasteiger partial charge >= 0.3 is 11.9 Å². The first-order valence-electron chi connectivity index (χ1n) is 14.3. The van der Waals surface area contributed by atoms with E-state index in [9.17, 15) is 0 Å². The molecule has 0 N–H and O–H groups in total. The molecule has 42 heavy (non-hydrogen) atoms. The molecule has 6 bridgehead atoms. The fourth-order valence-corrected chi connectivity index (χ4v) is 6.56. The fourth-order valence-electron chi connectivity index (χ4n) is 6.56. The maximum Gasteiger partial charge on any atom is 0.350 e. The molecule has 0 amide bonds. The molecule has 0 saturated carbocycles. The highest BCUT2D eigenvalue weighted by Crippen LogP contribution is 2.52. The van der Waals surface area contributed by atoms with Crippen LogP contribution in [0.15, 0.2) is 51.7 Å². The quantitative estimate of drug-likeness (QED) is 0.246. The molecule has 9 rings (SSSR count). The molecule has 5 aliphatic heterocycles. The van der Waals surface area contributed by atoms with Crippen LogP contribution in [0.2, 0.25) is 0 Å². The number of hydrogen-bond donors (Lipinski definition) is 0. The van der Waals surface area contributed by atoms with E-state index in [-0.39, 0.29) is 13.2 Å². The molecule has 4 aromatic rings. The van der Waals surface area contributed by atoms with Crippen molar-refractivity contribution in [1.82, 2.24) is 0 Å². The molecule has 2 saturated heterocycles. The zero-order valence-electron chi connectivity index (χ0n) is 23.7. The van der Waals surface area contributed by atoms with E-state index in [0.29, 0.717) is 47.0 Å². The molecule has 4 atom stereocenters. The Morgan fingerprint density at radius 3 is 2.14 bits per heavy atom. The van der Waals surface area contributed by atoms with Crippen LogP contribution in [0.1, 0.15) is 45.2 Å². The van der Waals surface area contributed by atoms with Gasteiger partial charge in [0.15, 0.2) is 22.7 Å². The van der Waals surface area contributed by atoms with Crippen molar-refractivity contribution < 1.29 is 46.7 Å². The first-order valence-corrected chi connectivity index (χ1v) is 14.3. The van der Waals surface area contributed by atoms with Crippen LogP contribution in [-0.2, 0) is 25.4 Å². The number of furan rings is 2. The van der Waals surface area contributed by atoms with Gasteiger partial charge in [0.2, 0.25) is 11.5 Å². The minimum atomic E-state index is -1.49. The van der Waals surface area contributed by atoms with E-state index in [2.05, 4.69) is 6.07 Å². The molecule has 2 spiro atoms. The second kappa shape index (κ2) is 8.02. The maximum atomic E-state index is 6.60. The van der Waals surface area contributed by atoms with E-state index in [0.717, 1.165) is 21.9 Å². The summed E-state index contributed by atoms with van der Waals surface area (Å²) >= 11 is 0. The lowest BCUT2D eigenvalue weighted by Gasteiger charge is -2.35. The van der Waals surface area contributed by atoms with Crippen LogP contribution in [0.4, 0.5) is 0 Å². The monoisotopic (exact) mass is 574 g/mol. The van der Waals surface area contributed by atoms with Crippen LogP contribution in [0.25, 0.3) is 28.0 Å². The number of ether oxygens (including phenoxy) is 8. The van der Waals surface area contributed by atoms with Gasteiger partial charge in [-0.1, -0.05) is 0 Å². The Morgan fingerprint density at radius 1 is 0.714 bits per heavy atom. The number of rotatable bonds is 0. The van der Waals surface area contributed by atoms with E-state index in [1.807, 2.05) is 52.0 Å². The highest BCUT2D eigenvalue weighted by Gasteiger charge is 2.58. The lowest BCUT2D eigenvalue weighted by atomic mass is 10.0. The lowest BCUT2D eigenvalue weighted by molar-refractivity contribution is -0.313. The molecular weight excluding hydrogens is 544 g/mol. The summed E-state index contributed by atoms with van der Waals surface area (Å²) in [7, 11) is 0. The van der Waals surface area contributed by atoms with Crippen LogP contribution in [0, 0.1) is 0 Å². The van der Waals surface area contributed by atoms with Crippen molar-refractivity contribution in [3.63, 3.8) is 0 Å². The molecule has 218 valence electrons. The van der Waals surface area contributed by atoms with Crippen molar-refractivity contribution in [2.45, 2.75) is 75.9 Å². The van der Waals surface area contributed by atoms with Gasteiger partial charge < -0.3 is 46.7 Å².